The number of unbranched alkanes of at least 4 members (excludes halogenated alkanes) is 25. The van der Waals surface area contributed by atoms with E-state index in [1.165, 1.54) is 103 Å². The highest BCUT2D eigenvalue weighted by Gasteiger charge is 2.19. The van der Waals surface area contributed by atoms with E-state index < -0.39 is 6.10 Å². The van der Waals surface area contributed by atoms with Crippen molar-refractivity contribution in [2.45, 2.75) is 258 Å². The zero-order valence-electron chi connectivity index (χ0n) is 40.2. The molecule has 6 nitrogen and oxygen atoms in total. The van der Waals surface area contributed by atoms with Crippen LogP contribution in [0.25, 0.3) is 0 Å². The van der Waals surface area contributed by atoms with Crippen molar-refractivity contribution in [1.29, 1.82) is 0 Å². The second-order valence-electron chi connectivity index (χ2n) is 17.1. The number of allylic oxidation sites excluding steroid dienone is 10. The third kappa shape index (κ3) is 48.0. The van der Waals surface area contributed by atoms with Gasteiger partial charge in [0.1, 0.15) is 13.2 Å². The molecule has 0 saturated heterocycles. The van der Waals surface area contributed by atoms with E-state index in [-0.39, 0.29) is 31.1 Å². The summed E-state index contributed by atoms with van der Waals surface area (Å²) in [6.07, 6.45) is 60.5. The predicted molar refractivity (Wildman–Crippen MR) is 261 cm³/mol. The van der Waals surface area contributed by atoms with Crippen molar-refractivity contribution in [3.63, 3.8) is 0 Å². The number of esters is 3. The van der Waals surface area contributed by atoms with Crippen molar-refractivity contribution in [3.05, 3.63) is 60.8 Å². The molecule has 0 radical (unpaired) electrons. The molecule has 0 bridgehead atoms. The van der Waals surface area contributed by atoms with Gasteiger partial charge in [-0.25, -0.2) is 0 Å². The number of hydrogen-bond acceptors (Lipinski definition) is 6. The van der Waals surface area contributed by atoms with Gasteiger partial charge in [0, 0.05) is 19.3 Å². The lowest BCUT2D eigenvalue weighted by Crippen LogP contribution is -2.30. The summed E-state index contributed by atoms with van der Waals surface area (Å²) in [4.78, 5) is 37.9. The molecule has 0 fully saturated rings. The summed E-state index contributed by atoms with van der Waals surface area (Å²) < 4.78 is 16.8. The van der Waals surface area contributed by atoms with E-state index >= 15 is 0 Å². The summed E-state index contributed by atoms with van der Waals surface area (Å²) in [5.41, 5.74) is 0. The minimum absolute atomic E-state index is 0.0888. The zero-order valence-corrected chi connectivity index (χ0v) is 40.2. The minimum Gasteiger partial charge on any atom is -0.462 e. The van der Waals surface area contributed by atoms with Crippen LogP contribution < -0.4 is 0 Å². The van der Waals surface area contributed by atoms with E-state index in [4.69, 9.17) is 14.2 Å². The molecule has 6 heteroatoms. The highest BCUT2D eigenvalue weighted by atomic mass is 16.6. The summed E-state index contributed by atoms with van der Waals surface area (Å²) in [5, 5.41) is 0. The van der Waals surface area contributed by atoms with Gasteiger partial charge >= 0.3 is 17.9 Å². The molecular formula is C55H96O6. The summed E-state index contributed by atoms with van der Waals surface area (Å²) in [6.45, 7) is 6.54. The number of ether oxygens (including phenoxy) is 3. The van der Waals surface area contributed by atoms with Gasteiger partial charge < -0.3 is 14.2 Å². The number of carbonyl (C=O) groups excluding carboxylic acids is 3. The Morgan fingerprint density at radius 2 is 0.607 bits per heavy atom. The first kappa shape index (κ1) is 58.1. The van der Waals surface area contributed by atoms with Crippen molar-refractivity contribution >= 4 is 17.9 Å². The van der Waals surface area contributed by atoms with E-state index in [1.807, 2.05) is 0 Å². The monoisotopic (exact) mass is 853 g/mol. The normalized spacial score (nSPS) is 12.5. The van der Waals surface area contributed by atoms with Gasteiger partial charge in [0.2, 0.25) is 0 Å². The summed E-state index contributed by atoms with van der Waals surface area (Å²) in [6, 6.07) is 0. The van der Waals surface area contributed by atoms with Crippen LogP contribution >= 0.6 is 0 Å². The molecule has 0 aliphatic rings. The van der Waals surface area contributed by atoms with Crippen molar-refractivity contribution < 1.29 is 28.6 Å². The molecule has 0 heterocycles. The SMILES string of the molecule is CCCC/C=C\C/C=C\CCCCCCCC(=O)OC(COC(=O)CCCCCCC/C=C\C/C=C\CCCCCC)COC(=O)CCCCCCC/C=C\CCCCCC. The minimum atomic E-state index is -0.789. The van der Waals surface area contributed by atoms with Gasteiger partial charge in [0.15, 0.2) is 6.10 Å². The maximum absolute atomic E-state index is 12.8. The predicted octanol–water partition coefficient (Wildman–Crippen LogP) is 16.9. The van der Waals surface area contributed by atoms with Crippen molar-refractivity contribution in [2.75, 3.05) is 13.2 Å². The molecule has 0 aromatic heterocycles. The van der Waals surface area contributed by atoms with Crippen LogP contribution in [0.4, 0.5) is 0 Å². The Hall–Kier alpha value is -2.89. The van der Waals surface area contributed by atoms with Crippen molar-refractivity contribution in [2.24, 2.45) is 0 Å². The fourth-order valence-electron chi connectivity index (χ4n) is 7.01. The van der Waals surface area contributed by atoms with Gasteiger partial charge in [0.05, 0.1) is 0 Å². The Bertz CT molecular complexity index is 1120. The molecule has 352 valence electrons. The fourth-order valence-corrected chi connectivity index (χ4v) is 7.01. The van der Waals surface area contributed by atoms with E-state index in [0.29, 0.717) is 19.3 Å². The van der Waals surface area contributed by atoms with Gasteiger partial charge in [0.25, 0.3) is 0 Å². The van der Waals surface area contributed by atoms with Crippen LogP contribution in [0.2, 0.25) is 0 Å². The van der Waals surface area contributed by atoms with Crippen LogP contribution in [0.15, 0.2) is 60.8 Å². The third-order valence-electron chi connectivity index (χ3n) is 11.0. The molecule has 1 unspecified atom stereocenters. The molecule has 61 heavy (non-hydrogen) atoms. The third-order valence-corrected chi connectivity index (χ3v) is 11.0. The van der Waals surface area contributed by atoms with Gasteiger partial charge in [-0.2, -0.15) is 0 Å². The lowest BCUT2D eigenvalue weighted by atomic mass is 10.1. The molecular weight excluding hydrogens is 757 g/mol. The standard InChI is InChI=1S/C55H96O6/c1-4-7-10-13-16-19-22-25-27-28-31-33-36-39-42-45-48-54(57)60-51-52(50-59-53(56)47-44-41-38-35-32-29-24-21-18-15-12-9-6-3)61-55(58)49-46-43-40-37-34-30-26-23-20-17-14-11-8-5-2/h14,17,19,21-24,26-28,52H,4-13,15-16,18,20,25,29-51H2,1-3H3/b17-14-,22-19-,24-21-,26-23-,28-27-. The summed E-state index contributed by atoms with van der Waals surface area (Å²) in [7, 11) is 0. The smallest absolute Gasteiger partial charge is 0.306 e. The average Bonchev–Trinajstić information content (AvgIpc) is 3.26. The molecule has 0 saturated carbocycles. The highest BCUT2D eigenvalue weighted by Crippen LogP contribution is 2.13. The molecule has 0 rings (SSSR count). The van der Waals surface area contributed by atoms with Gasteiger partial charge in [-0.15, -0.1) is 0 Å². The zero-order chi connectivity index (χ0) is 44.4. The van der Waals surface area contributed by atoms with Crippen LogP contribution in [0.5, 0.6) is 0 Å². The second-order valence-corrected chi connectivity index (χ2v) is 17.1. The molecule has 0 N–H and O–H groups in total. The first-order valence-corrected chi connectivity index (χ1v) is 25.8. The number of carbonyl (C=O) groups is 3. The number of hydrogen-bond donors (Lipinski definition) is 0. The maximum Gasteiger partial charge on any atom is 0.306 e. The average molecular weight is 853 g/mol. The van der Waals surface area contributed by atoms with Crippen molar-refractivity contribution in [3.8, 4) is 0 Å². The Morgan fingerprint density at radius 3 is 0.967 bits per heavy atom. The van der Waals surface area contributed by atoms with Crippen LogP contribution in [-0.4, -0.2) is 37.2 Å². The Labute approximate surface area is 377 Å². The van der Waals surface area contributed by atoms with E-state index in [1.54, 1.807) is 0 Å². The van der Waals surface area contributed by atoms with Gasteiger partial charge in [-0.05, 0) is 103 Å². The van der Waals surface area contributed by atoms with Crippen LogP contribution in [0.3, 0.4) is 0 Å². The first-order valence-electron chi connectivity index (χ1n) is 25.8. The molecule has 0 aromatic rings. The first-order chi connectivity index (χ1) is 30.0. The van der Waals surface area contributed by atoms with Crippen LogP contribution in [0.1, 0.15) is 252 Å². The Balaban J connectivity index is 4.43. The maximum atomic E-state index is 12.8. The van der Waals surface area contributed by atoms with Gasteiger partial charge in [-0.1, -0.05) is 191 Å². The van der Waals surface area contributed by atoms with Crippen LogP contribution in [0, 0.1) is 0 Å². The second kappa shape index (κ2) is 49.8. The van der Waals surface area contributed by atoms with E-state index in [2.05, 4.69) is 81.5 Å². The molecule has 1 atom stereocenters. The fraction of sp³-hybridized carbons (Fsp3) is 0.764. The van der Waals surface area contributed by atoms with Crippen molar-refractivity contribution in [1.82, 2.24) is 0 Å². The molecule has 0 aromatic carbocycles. The molecule has 0 aliphatic heterocycles. The summed E-state index contributed by atoms with van der Waals surface area (Å²) >= 11 is 0. The lowest BCUT2D eigenvalue weighted by molar-refractivity contribution is -0.167. The Morgan fingerprint density at radius 1 is 0.328 bits per heavy atom. The number of rotatable bonds is 46. The van der Waals surface area contributed by atoms with E-state index in [0.717, 1.165) is 109 Å². The molecule has 0 spiro atoms. The van der Waals surface area contributed by atoms with Gasteiger partial charge in [-0.3, -0.25) is 14.4 Å². The topological polar surface area (TPSA) is 78.9 Å². The molecule has 0 aliphatic carbocycles. The quantitative estimate of drug-likeness (QED) is 0.0263. The van der Waals surface area contributed by atoms with Crippen LogP contribution in [-0.2, 0) is 28.6 Å². The highest BCUT2D eigenvalue weighted by molar-refractivity contribution is 5.71. The summed E-state index contributed by atoms with van der Waals surface area (Å²) in [5.74, 6) is -0.922. The molecule has 0 amide bonds. The Kier molecular flexibility index (Phi) is 47.4. The van der Waals surface area contributed by atoms with E-state index in [9.17, 15) is 14.4 Å². The lowest BCUT2D eigenvalue weighted by Gasteiger charge is -2.18. The largest absolute Gasteiger partial charge is 0.462 e.